The zero-order valence-electron chi connectivity index (χ0n) is 18.5. The number of anilines is 1. The Morgan fingerprint density at radius 1 is 0.969 bits per heavy atom. The van der Waals surface area contributed by atoms with Crippen LogP contribution in [-0.4, -0.2) is 28.0 Å². The minimum absolute atomic E-state index is 0.108. The molecule has 6 nitrogen and oxygen atoms in total. The highest BCUT2D eigenvalue weighted by Crippen LogP contribution is 2.32. The highest BCUT2D eigenvalue weighted by atomic mass is 32.2. The smallest absolute Gasteiger partial charge is 0.264 e. The summed E-state index contributed by atoms with van der Waals surface area (Å²) >= 11 is 0. The lowest BCUT2D eigenvalue weighted by molar-refractivity contribution is -0.120. The van der Waals surface area contributed by atoms with Gasteiger partial charge in [-0.15, -0.1) is 0 Å². The van der Waals surface area contributed by atoms with Crippen LogP contribution in [0.25, 0.3) is 0 Å². The first-order valence-electron chi connectivity index (χ1n) is 10.4. The van der Waals surface area contributed by atoms with Crippen LogP contribution in [0.3, 0.4) is 0 Å². The molecule has 3 rings (SSSR count). The lowest BCUT2D eigenvalue weighted by atomic mass is 10.0. The zero-order chi connectivity index (χ0) is 23.1. The Bertz CT molecular complexity index is 1150. The van der Waals surface area contributed by atoms with Crippen molar-refractivity contribution < 1.29 is 17.9 Å². The second-order valence-electron chi connectivity index (χ2n) is 7.44. The molecule has 0 radical (unpaired) electrons. The lowest BCUT2D eigenvalue weighted by Gasteiger charge is -2.27. The van der Waals surface area contributed by atoms with Gasteiger partial charge in [0.15, 0.2) is 0 Å². The molecular weight excluding hydrogens is 424 g/mol. The third-order valence-electron chi connectivity index (χ3n) is 5.20. The summed E-state index contributed by atoms with van der Waals surface area (Å²) in [4.78, 5) is 13.2. The van der Waals surface area contributed by atoms with Crippen molar-refractivity contribution in [2.45, 2.75) is 31.2 Å². The third kappa shape index (κ3) is 5.29. The van der Waals surface area contributed by atoms with E-state index in [1.807, 2.05) is 44.2 Å². The number of aryl methyl sites for hydroxylation is 1. The molecule has 0 bridgehead atoms. The van der Waals surface area contributed by atoms with Gasteiger partial charge in [-0.2, -0.15) is 0 Å². The van der Waals surface area contributed by atoms with E-state index in [0.717, 1.165) is 15.4 Å². The van der Waals surface area contributed by atoms with Crippen LogP contribution in [0.4, 0.5) is 5.69 Å². The van der Waals surface area contributed by atoms with Crippen molar-refractivity contribution in [2.24, 2.45) is 0 Å². The number of benzene rings is 3. The fraction of sp³-hybridized carbons (Fsp3) is 0.240. The quantitative estimate of drug-likeness (QED) is 0.520. The molecule has 0 saturated heterocycles. The van der Waals surface area contributed by atoms with Crippen LogP contribution < -0.4 is 14.4 Å². The standard InChI is InChI=1S/C25H28N2O4S/c1-4-22(20-10-6-5-7-11-20)26-25(28)18-27(23-12-8-9-13-24(23)31-3)32(29,30)21-16-14-19(2)15-17-21/h5-17,22H,4,18H2,1-3H3,(H,26,28)/t22-/m1/s1. The molecule has 1 amide bonds. The third-order valence-corrected chi connectivity index (χ3v) is 6.97. The summed E-state index contributed by atoms with van der Waals surface area (Å²) in [5.74, 6) is -0.0339. The van der Waals surface area contributed by atoms with Gasteiger partial charge >= 0.3 is 0 Å². The molecule has 0 aliphatic carbocycles. The lowest BCUT2D eigenvalue weighted by Crippen LogP contribution is -2.42. The van der Waals surface area contributed by atoms with Gasteiger partial charge in [0.1, 0.15) is 12.3 Å². The van der Waals surface area contributed by atoms with Gasteiger partial charge in [0, 0.05) is 0 Å². The Morgan fingerprint density at radius 3 is 2.22 bits per heavy atom. The van der Waals surface area contributed by atoms with Crippen LogP contribution in [-0.2, 0) is 14.8 Å². The van der Waals surface area contributed by atoms with Crippen molar-refractivity contribution in [3.05, 3.63) is 90.0 Å². The van der Waals surface area contributed by atoms with Crippen molar-refractivity contribution in [2.75, 3.05) is 18.0 Å². The first kappa shape index (κ1) is 23.3. The molecular formula is C25H28N2O4S. The average molecular weight is 453 g/mol. The maximum atomic E-state index is 13.6. The number of methoxy groups -OCH3 is 1. The van der Waals surface area contributed by atoms with E-state index < -0.39 is 15.9 Å². The van der Waals surface area contributed by atoms with Crippen molar-refractivity contribution in [1.82, 2.24) is 5.32 Å². The van der Waals surface area contributed by atoms with Gasteiger partial charge in [0.05, 0.1) is 23.7 Å². The molecule has 0 saturated carbocycles. The number of ether oxygens (including phenoxy) is 1. The predicted molar refractivity (Wildman–Crippen MR) is 126 cm³/mol. The van der Waals surface area contributed by atoms with Gasteiger partial charge in [-0.25, -0.2) is 8.42 Å². The van der Waals surface area contributed by atoms with Crippen LogP contribution in [0.15, 0.2) is 83.8 Å². The van der Waals surface area contributed by atoms with Crippen LogP contribution in [0.5, 0.6) is 5.75 Å². The number of hydrogen-bond donors (Lipinski definition) is 1. The van der Waals surface area contributed by atoms with Crippen LogP contribution in [0.2, 0.25) is 0 Å². The Balaban J connectivity index is 1.96. The molecule has 1 N–H and O–H groups in total. The van der Waals surface area contributed by atoms with Crippen LogP contribution in [0.1, 0.15) is 30.5 Å². The largest absolute Gasteiger partial charge is 0.495 e. The van der Waals surface area contributed by atoms with Gasteiger partial charge in [0.2, 0.25) is 5.91 Å². The molecule has 0 aliphatic rings. The number of rotatable bonds is 9. The van der Waals surface area contributed by atoms with Crippen LogP contribution >= 0.6 is 0 Å². The number of amides is 1. The monoisotopic (exact) mass is 452 g/mol. The molecule has 7 heteroatoms. The Hall–Kier alpha value is -3.32. The van der Waals surface area contributed by atoms with Crippen molar-refractivity contribution >= 4 is 21.6 Å². The summed E-state index contributed by atoms with van der Waals surface area (Å²) in [7, 11) is -2.54. The SMILES string of the molecule is CC[C@@H](NC(=O)CN(c1ccccc1OC)S(=O)(=O)c1ccc(C)cc1)c1ccccc1. The van der Waals surface area contributed by atoms with Gasteiger partial charge in [-0.05, 0) is 43.2 Å². The molecule has 32 heavy (non-hydrogen) atoms. The van der Waals surface area contributed by atoms with E-state index in [0.29, 0.717) is 17.9 Å². The second kappa shape index (κ2) is 10.3. The fourth-order valence-corrected chi connectivity index (χ4v) is 4.88. The van der Waals surface area contributed by atoms with E-state index in [1.165, 1.54) is 7.11 Å². The van der Waals surface area contributed by atoms with Gasteiger partial charge in [-0.3, -0.25) is 9.10 Å². The molecule has 0 aromatic heterocycles. The van der Waals surface area contributed by atoms with Crippen molar-refractivity contribution in [3.63, 3.8) is 0 Å². The van der Waals surface area contributed by atoms with E-state index in [2.05, 4.69) is 5.32 Å². The van der Waals surface area contributed by atoms with E-state index in [9.17, 15) is 13.2 Å². The average Bonchev–Trinajstić information content (AvgIpc) is 2.81. The molecule has 0 fully saturated rings. The summed E-state index contributed by atoms with van der Waals surface area (Å²) in [6, 6.07) is 22.7. The number of para-hydroxylation sites is 2. The molecule has 0 spiro atoms. The van der Waals surface area contributed by atoms with Gasteiger partial charge in [0.25, 0.3) is 10.0 Å². The van der Waals surface area contributed by atoms with Gasteiger partial charge in [-0.1, -0.05) is 67.1 Å². The molecule has 168 valence electrons. The molecule has 3 aromatic rings. The fourth-order valence-electron chi connectivity index (χ4n) is 3.45. The first-order valence-corrected chi connectivity index (χ1v) is 11.9. The van der Waals surface area contributed by atoms with E-state index in [-0.39, 0.29) is 17.5 Å². The predicted octanol–water partition coefficient (Wildman–Crippen LogP) is 4.47. The summed E-state index contributed by atoms with van der Waals surface area (Å²) in [5, 5.41) is 2.97. The molecule has 0 aliphatic heterocycles. The van der Waals surface area contributed by atoms with E-state index >= 15 is 0 Å². The minimum Gasteiger partial charge on any atom is -0.495 e. The van der Waals surface area contributed by atoms with Gasteiger partial charge < -0.3 is 10.1 Å². The number of carbonyl (C=O) groups is 1. The second-order valence-corrected chi connectivity index (χ2v) is 9.30. The molecule has 0 unspecified atom stereocenters. The number of nitrogens with one attached hydrogen (secondary N) is 1. The first-order chi connectivity index (χ1) is 15.4. The number of nitrogens with zero attached hydrogens (tertiary/aromatic N) is 1. The van der Waals surface area contributed by atoms with E-state index in [1.54, 1.807) is 48.5 Å². The zero-order valence-corrected chi connectivity index (χ0v) is 19.3. The van der Waals surface area contributed by atoms with Crippen molar-refractivity contribution in [1.29, 1.82) is 0 Å². The normalized spacial score (nSPS) is 12.1. The van der Waals surface area contributed by atoms with Crippen LogP contribution in [0, 0.1) is 6.92 Å². The number of carbonyl (C=O) groups excluding carboxylic acids is 1. The molecule has 3 aromatic carbocycles. The molecule has 1 atom stereocenters. The number of sulfonamides is 1. The highest BCUT2D eigenvalue weighted by molar-refractivity contribution is 7.92. The number of hydrogen-bond acceptors (Lipinski definition) is 4. The Kier molecular flexibility index (Phi) is 7.53. The Labute approximate surface area is 189 Å². The van der Waals surface area contributed by atoms with E-state index in [4.69, 9.17) is 4.74 Å². The Morgan fingerprint density at radius 2 is 1.59 bits per heavy atom. The maximum Gasteiger partial charge on any atom is 0.264 e. The summed E-state index contributed by atoms with van der Waals surface area (Å²) in [5.41, 5.74) is 2.21. The summed E-state index contributed by atoms with van der Waals surface area (Å²) in [6.45, 7) is 3.48. The summed E-state index contributed by atoms with van der Waals surface area (Å²) < 4.78 is 33.6. The highest BCUT2D eigenvalue weighted by Gasteiger charge is 2.30. The summed E-state index contributed by atoms with van der Waals surface area (Å²) in [6.07, 6.45) is 0.676. The topological polar surface area (TPSA) is 75.7 Å². The molecule has 0 heterocycles. The van der Waals surface area contributed by atoms with Crippen molar-refractivity contribution in [3.8, 4) is 5.75 Å². The maximum absolute atomic E-state index is 13.6. The minimum atomic E-state index is -4.01.